The minimum atomic E-state index is -0.312. The molecule has 3 N–H and O–H groups in total. The lowest BCUT2D eigenvalue weighted by molar-refractivity contribution is -0.0730. The number of ether oxygens (including phenoxy) is 1. The third-order valence-corrected chi connectivity index (χ3v) is 4.35. The maximum absolute atomic E-state index is 6.12. The maximum Gasteiger partial charge on any atom is 0.0884 e. The summed E-state index contributed by atoms with van der Waals surface area (Å²) < 4.78 is 6.12. The smallest absolute Gasteiger partial charge is 0.0884 e. The van der Waals surface area contributed by atoms with Crippen LogP contribution in [-0.2, 0) is 4.74 Å². The molecule has 4 nitrogen and oxygen atoms in total. The number of nitrogens with zero attached hydrogens (tertiary/aromatic N) is 1. The molecule has 0 aliphatic rings. The molecular formula is C17H25N3O. The molecule has 0 saturated carbocycles. The van der Waals surface area contributed by atoms with Gasteiger partial charge in [0, 0.05) is 24.4 Å². The van der Waals surface area contributed by atoms with Crippen molar-refractivity contribution in [1.82, 2.24) is 10.4 Å². The van der Waals surface area contributed by atoms with Gasteiger partial charge in [-0.05, 0) is 36.8 Å². The van der Waals surface area contributed by atoms with Crippen molar-refractivity contribution in [3.05, 3.63) is 42.2 Å². The zero-order valence-corrected chi connectivity index (χ0v) is 13.1. The summed E-state index contributed by atoms with van der Waals surface area (Å²) in [5.41, 5.74) is 3.81. The number of pyridine rings is 1. The summed E-state index contributed by atoms with van der Waals surface area (Å²) in [5.74, 6) is 5.91. The van der Waals surface area contributed by atoms with E-state index >= 15 is 0 Å². The van der Waals surface area contributed by atoms with Crippen molar-refractivity contribution in [2.45, 2.75) is 45.3 Å². The van der Waals surface area contributed by atoms with Gasteiger partial charge in [0.25, 0.3) is 0 Å². The van der Waals surface area contributed by atoms with Crippen LogP contribution in [0.4, 0.5) is 0 Å². The zero-order valence-electron chi connectivity index (χ0n) is 13.1. The Kier molecular flexibility index (Phi) is 5.28. The molecule has 2 aromatic rings. The van der Waals surface area contributed by atoms with Gasteiger partial charge < -0.3 is 4.74 Å². The quantitative estimate of drug-likeness (QED) is 0.605. The van der Waals surface area contributed by atoms with E-state index in [1.807, 2.05) is 25.4 Å². The lowest BCUT2D eigenvalue weighted by Gasteiger charge is -2.39. The average molecular weight is 287 g/mol. The number of aromatic nitrogens is 1. The molecule has 0 spiro atoms. The van der Waals surface area contributed by atoms with E-state index in [9.17, 15) is 0 Å². The minimum absolute atomic E-state index is 0.0691. The van der Waals surface area contributed by atoms with Crippen molar-refractivity contribution in [3.63, 3.8) is 0 Å². The van der Waals surface area contributed by atoms with Crippen LogP contribution in [0.15, 0.2) is 36.7 Å². The summed E-state index contributed by atoms with van der Waals surface area (Å²) in [6, 6.07) is 8.21. The number of nitrogens with two attached hydrogens (primary N) is 1. The van der Waals surface area contributed by atoms with Crippen molar-refractivity contribution >= 4 is 10.8 Å². The van der Waals surface area contributed by atoms with Crippen LogP contribution in [0.5, 0.6) is 0 Å². The van der Waals surface area contributed by atoms with E-state index in [0.29, 0.717) is 6.61 Å². The van der Waals surface area contributed by atoms with Crippen molar-refractivity contribution in [3.8, 4) is 0 Å². The van der Waals surface area contributed by atoms with E-state index in [2.05, 4.69) is 42.5 Å². The second kappa shape index (κ2) is 6.98. The van der Waals surface area contributed by atoms with E-state index in [1.54, 1.807) is 0 Å². The molecular weight excluding hydrogens is 262 g/mol. The highest BCUT2D eigenvalue weighted by Crippen LogP contribution is 2.37. The monoisotopic (exact) mass is 287 g/mol. The molecule has 0 bridgehead atoms. The number of benzene rings is 1. The molecule has 1 unspecified atom stereocenters. The molecule has 114 valence electrons. The predicted octanol–water partition coefficient (Wildman–Crippen LogP) is 3.33. The molecule has 0 fully saturated rings. The molecule has 1 atom stereocenters. The number of hydrogen-bond donors (Lipinski definition) is 2. The Bertz CT molecular complexity index is 576. The van der Waals surface area contributed by atoms with E-state index in [4.69, 9.17) is 10.6 Å². The third-order valence-electron chi connectivity index (χ3n) is 4.35. The van der Waals surface area contributed by atoms with Crippen LogP contribution < -0.4 is 11.3 Å². The Balaban J connectivity index is 2.57. The normalized spacial score (nSPS) is 13.5. The third kappa shape index (κ3) is 2.93. The zero-order chi connectivity index (χ0) is 15.3. The highest BCUT2D eigenvalue weighted by Gasteiger charge is 2.37. The summed E-state index contributed by atoms with van der Waals surface area (Å²) in [4.78, 5) is 4.26. The van der Waals surface area contributed by atoms with Crippen molar-refractivity contribution in [1.29, 1.82) is 0 Å². The van der Waals surface area contributed by atoms with Crippen LogP contribution in [0, 0.1) is 0 Å². The molecule has 1 heterocycles. The van der Waals surface area contributed by atoms with Crippen LogP contribution in [0.3, 0.4) is 0 Å². The summed E-state index contributed by atoms with van der Waals surface area (Å²) in [6.07, 6.45) is 5.50. The predicted molar refractivity (Wildman–Crippen MR) is 86.7 cm³/mol. The number of rotatable bonds is 7. The molecule has 21 heavy (non-hydrogen) atoms. The number of hydrogen-bond acceptors (Lipinski definition) is 4. The second-order valence-electron chi connectivity index (χ2n) is 5.25. The highest BCUT2D eigenvalue weighted by atomic mass is 16.5. The van der Waals surface area contributed by atoms with E-state index < -0.39 is 0 Å². The number of hydrazine groups is 1. The first-order chi connectivity index (χ1) is 10.2. The van der Waals surface area contributed by atoms with Crippen LogP contribution in [0.1, 0.15) is 45.2 Å². The first kappa shape index (κ1) is 15.9. The van der Waals surface area contributed by atoms with Crippen LogP contribution in [0.2, 0.25) is 0 Å². The fourth-order valence-corrected chi connectivity index (χ4v) is 3.15. The number of fused-ring (bicyclic) bond motifs is 1. The van der Waals surface area contributed by atoms with Crippen molar-refractivity contribution in [2.75, 3.05) is 6.61 Å². The fraction of sp³-hybridized carbons (Fsp3) is 0.471. The van der Waals surface area contributed by atoms with Crippen LogP contribution in [-0.4, -0.2) is 17.2 Å². The molecule has 4 heteroatoms. The fourth-order valence-electron chi connectivity index (χ4n) is 3.15. The summed E-state index contributed by atoms with van der Waals surface area (Å²) in [6.45, 7) is 6.99. The van der Waals surface area contributed by atoms with Gasteiger partial charge in [0.2, 0.25) is 0 Å². The number of nitrogens with one attached hydrogen (secondary N) is 1. The Morgan fingerprint density at radius 2 is 2.00 bits per heavy atom. The molecule has 0 aliphatic heterocycles. The van der Waals surface area contributed by atoms with Gasteiger partial charge in [-0.15, -0.1) is 0 Å². The van der Waals surface area contributed by atoms with E-state index in [-0.39, 0.29) is 11.6 Å². The Labute approximate surface area is 126 Å². The Morgan fingerprint density at radius 3 is 2.62 bits per heavy atom. The largest absolute Gasteiger partial charge is 0.373 e. The molecule has 0 aliphatic carbocycles. The van der Waals surface area contributed by atoms with Crippen molar-refractivity contribution in [2.24, 2.45) is 5.84 Å². The van der Waals surface area contributed by atoms with Gasteiger partial charge in [-0.2, -0.15) is 0 Å². The van der Waals surface area contributed by atoms with Gasteiger partial charge >= 0.3 is 0 Å². The molecule has 0 radical (unpaired) electrons. The van der Waals surface area contributed by atoms with Gasteiger partial charge in [0.15, 0.2) is 0 Å². The molecule has 0 saturated heterocycles. The van der Waals surface area contributed by atoms with Gasteiger partial charge in [0.05, 0.1) is 11.6 Å². The van der Waals surface area contributed by atoms with E-state index in [1.165, 1.54) is 5.39 Å². The summed E-state index contributed by atoms with van der Waals surface area (Å²) >= 11 is 0. The first-order valence-electron chi connectivity index (χ1n) is 7.65. The molecule has 0 amide bonds. The molecule has 1 aromatic heterocycles. The second-order valence-corrected chi connectivity index (χ2v) is 5.25. The summed E-state index contributed by atoms with van der Waals surface area (Å²) in [5, 5.41) is 2.29. The standard InChI is InChI=1S/C17H25N3O/c1-4-17(5-2,21-6-3)16(20-18)14-9-7-8-13-10-11-19-12-15(13)14/h7-12,16,20H,4-6,18H2,1-3H3. The van der Waals surface area contributed by atoms with Crippen molar-refractivity contribution < 1.29 is 4.74 Å². The Morgan fingerprint density at radius 1 is 1.24 bits per heavy atom. The summed E-state index contributed by atoms with van der Waals surface area (Å²) in [7, 11) is 0. The van der Waals surface area contributed by atoms with Crippen LogP contribution >= 0.6 is 0 Å². The minimum Gasteiger partial charge on any atom is -0.373 e. The first-order valence-corrected chi connectivity index (χ1v) is 7.65. The topological polar surface area (TPSA) is 60.2 Å². The van der Waals surface area contributed by atoms with Crippen LogP contribution in [0.25, 0.3) is 10.8 Å². The molecule has 2 rings (SSSR count). The SMILES string of the molecule is CCOC(CC)(CC)C(NN)c1cccc2ccncc12. The molecule has 1 aromatic carbocycles. The van der Waals surface area contributed by atoms with Gasteiger partial charge in [-0.1, -0.05) is 32.0 Å². The lowest BCUT2D eigenvalue weighted by Crippen LogP contribution is -2.48. The maximum atomic E-state index is 6.12. The van der Waals surface area contributed by atoms with Gasteiger partial charge in [-0.25, -0.2) is 0 Å². The lowest BCUT2D eigenvalue weighted by atomic mass is 9.82. The van der Waals surface area contributed by atoms with E-state index in [0.717, 1.165) is 23.8 Å². The highest BCUT2D eigenvalue weighted by molar-refractivity contribution is 5.85. The Hall–Kier alpha value is -1.49. The van der Waals surface area contributed by atoms with Gasteiger partial charge in [0.1, 0.15) is 0 Å². The average Bonchev–Trinajstić information content (AvgIpc) is 2.54. The van der Waals surface area contributed by atoms with Gasteiger partial charge in [-0.3, -0.25) is 16.3 Å².